The summed E-state index contributed by atoms with van der Waals surface area (Å²) >= 11 is 3.37. The first-order chi connectivity index (χ1) is 9.83. The Hall–Kier alpha value is -1.91. The molecule has 0 unspecified atom stereocenters. The molecular weight excluding hydrogens is 354 g/mol. The second kappa shape index (κ2) is 5.84. The number of benzene rings is 1. The van der Waals surface area contributed by atoms with E-state index in [1.54, 1.807) is 0 Å². The number of aryl methyl sites for hydroxylation is 2. The number of nitrogens with one attached hydrogen (secondary N) is 1. The van der Waals surface area contributed by atoms with E-state index in [-0.39, 0.29) is 10.6 Å². The molecule has 0 saturated heterocycles. The fourth-order valence-electron chi connectivity index (χ4n) is 1.87. The molecule has 0 bridgehead atoms. The molecule has 1 heterocycles. The molecule has 7 heteroatoms. The van der Waals surface area contributed by atoms with Crippen molar-refractivity contribution in [2.45, 2.75) is 18.7 Å². The van der Waals surface area contributed by atoms with Crippen LogP contribution in [0.1, 0.15) is 16.8 Å². The highest BCUT2D eigenvalue weighted by molar-refractivity contribution is 9.10. The topological polar surface area (TPSA) is 82.9 Å². The van der Waals surface area contributed by atoms with E-state index in [9.17, 15) is 8.42 Å². The molecule has 0 spiro atoms. The molecule has 21 heavy (non-hydrogen) atoms. The van der Waals surface area contributed by atoms with Crippen LogP contribution in [0.2, 0.25) is 0 Å². The van der Waals surface area contributed by atoms with Crippen molar-refractivity contribution in [3.8, 4) is 6.07 Å². The molecule has 0 saturated carbocycles. The Morgan fingerprint density at radius 1 is 1.24 bits per heavy atom. The van der Waals surface area contributed by atoms with Crippen LogP contribution in [-0.2, 0) is 10.0 Å². The van der Waals surface area contributed by atoms with Crippen LogP contribution in [0.15, 0.2) is 39.8 Å². The fraction of sp³-hybridized carbons (Fsp3) is 0.143. The minimum Gasteiger partial charge on any atom is -0.279 e. The van der Waals surface area contributed by atoms with Gasteiger partial charge >= 0.3 is 0 Å². The molecule has 0 fully saturated rings. The largest absolute Gasteiger partial charge is 0.279 e. The number of sulfonamides is 1. The number of pyridine rings is 1. The Bertz CT molecular complexity index is 801. The van der Waals surface area contributed by atoms with E-state index in [4.69, 9.17) is 5.26 Å². The summed E-state index contributed by atoms with van der Waals surface area (Å²) in [5.74, 6) is 0. The number of hydrogen-bond donors (Lipinski definition) is 1. The molecule has 0 atom stereocenters. The minimum atomic E-state index is -3.73. The number of nitriles is 1. The molecule has 2 rings (SSSR count). The van der Waals surface area contributed by atoms with Gasteiger partial charge in [-0.25, -0.2) is 13.4 Å². The number of rotatable bonds is 3. The third kappa shape index (κ3) is 3.40. The van der Waals surface area contributed by atoms with Crippen molar-refractivity contribution in [2.24, 2.45) is 0 Å². The van der Waals surface area contributed by atoms with Crippen LogP contribution in [0, 0.1) is 25.2 Å². The van der Waals surface area contributed by atoms with Crippen LogP contribution in [-0.4, -0.2) is 13.4 Å². The Labute approximate surface area is 131 Å². The summed E-state index contributed by atoms with van der Waals surface area (Å²) in [6.45, 7) is 3.65. The molecule has 0 aliphatic rings. The van der Waals surface area contributed by atoms with Gasteiger partial charge in [-0.2, -0.15) is 5.26 Å². The van der Waals surface area contributed by atoms with E-state index >= 15 is 0 Å². The number of anilines is 1. The van der Waals surface area contributed by atoms with Gasteiger partial charge in [-0.3, -0.25) is 4.72 Å². The summed E-state index contributed by atoms with van der Waals surface area (Å²) in [7, 11) is -3.73. The first-order valence-electron chi connectivity index (χ1n) is 5.99. The minimum absolute atomic E-state index is 0.0169. The van der Waals surface area contributed by atoms with Gasteiger partial charge in [-0.05, 0) is 49.2 Å². The quantitative estimate of drug-likeness (QED) is 0.905. The molecule has 0 aliphatic carbocycles. The number of aromatic nitrogens is 1. The number of halogens is 1. The second-order valence-corrected chi connectivity index (χ2v) is 7.11. The zero-order chi connectivity index (χ0) is 15.6. The first kappa shape index (κ1) is 15.5. The van der Waals surface area contributed by atoms with E-state index in [0.29, 0.717) is 5.69 Å². The molecule has 0 aliphatic heterocycles. The number of nitrogens with zero attached hydrogens (tertiary/aromatic N) is 2. The van der Waals surface area contributed by atoms with Crippen LogP contribution in [0.4, 0.5) is 5.69 Å². The van der Waals surface area contributed by atoms with Gasteiger partial charge in [-0.15, -0.1) is 0 Å². The summed E-state index contributed by atoms with van der Waals surface area (Å²) in [5.41, 5.74) is 2.34. The maximum absolute atomic E-state index is 12.3. The summed E-state index contributed by atoms with van der Waals surface area (Å²) in [4.78, 5) is 3.79. The highest BCUT2D eigenvalue weighted by Gasteiger charge is 2.17. The molecule has 108 valence electrons. The van der Waals surface area contributed by atoms with Gasteiger partial charge in [0.05, 0.1) is 5.69 Å². The van der Waals surface area contributed by atoms with Gasteiger partial charge in [0.15, 0.2) is 0 Å². The van der Waals surface area contributed by atoms with Crippen molar-refractivity contribution in [3.63, 3.8) is 0 Å². The average Bonchev–Trinajstić information content (AvgIpc) is 2.43. The standard InChI is InChI=1S/C14H12BrN3O2S/c1-9-5-11(15)6-10(2)14(9)18-21(19,20)13-4-3-12(7-16)17-8-13/h3-6,8,18H,1-2H3. The summed E-state index contributed by atoms with van der Waals surface area (Å²) in [6, 6.07) is 8.25. The Kier molecular flexibility index (Phi) is 4.30. The predicted octanol–water partition coefficient (Wildman–Crippen LogP) is 3.13. The maximum Gasteiger partial charge on any atom is 0.263 e. The molecule has 1 aromatic heterocycles. The van der Waals surface area contributed by atoms with Crippen molar-refractivity contribution in [3.05, 3.63) is 51.8 Å². The molecule has 2 aromatic rings. The highest BCUT2D eigenvalue weighted by Crippen LogP contribution is 2.27. The van der Waals surface area contributed by atoms with E-state index in [2.05, 4.69) is 25.6 Å². The van der Waals surface area contributed by atoms with Crippen molar-refractivity contribution < 1.29 is 8.42 Å². The molecular formula is C14H12BrN3O2S. The Morgan fingerprint density at radius 3 is 2.33 bits per heavy atom. The van der Waals surface area contributed by atoms with E-state index in [1.807, 2.05) is 32.0 Å². The number of hydrogen-bond acceptors (Lipinski definition) is 4. The fourth-order valence-corrected chi connectivity index (χ4v) is 3.70. The van der Waals surface area contributed by atoms with Crippen molar-refractivity contribution >= 4 is 31.6 Å². The normalized spacial score (nSPS) is 11.0. The van der Waals surface area contributed by atoms with Crippen molar-refractivity contribution in [2.75, 3.05) is 4.72 Å². The monoisotopic (exact) mass is 365 g/mol. The summed E-state index contributed by atoms with van der Waals surface area (Å²) < 4.78 is 28.1. The molecule has 1 aromatic carbocycles. The van der Waals surface area contributed by atoms with E-state index < -0.39 is 10.0 Å². The van der Waals surface area contributed by atoms with Gasteiger partial charge in [-0.1, -0.05) is 15.9 Å². The van der Waals surface area contributed by atoms with Gasteiger partial charge in [0, 0.05) is 10.7 Å². The lowest BCUT2D eigenvalue weighted by Crippen LogP contribution is -2.15. The van der Waals surface area contributed by atoms with Crippen LogP contribution in [0.5, 0.6) is 0 Å². The lowest BCUT2D eigenvalue weighted by molar-refractivity contribution is 0.600. The van der Waals surface area contributed by atoms with Gasteiger partial charge in [0.2, 0.25) is 0 Å². The van der Waals surface area contributed by atoms with Gasteiger partial charge in [0.1, 0.15) is 16.7 Å². The van der Waals surface area contributed by atoms with Gasteiger partial charge in [0.25, 0.3) is 10.0 Å². The summed E-state index contributed by atoms with van der Waals surface area (Å²) in [5, 5.41) is 8.68. The third-order valence-corrected chi connectivity index (χ3v) is 4.69. The molecule has 0 radical (unpaired) electrons. The average molecular weight is 366 g/mol. The van der Waals surface area contributed by atoms with Gasteiger partial charge < -0.3 is 0 Å². The smallest absolute Gasteiger partial charge is 0.263 e. The Morgan fingerprint density at radius 2 is 1.86 bits per heavy atom. The third-order valence-electron chi connectivity index (χ3n) is 2.90. The van der Waals surface area contributed by atoms with Crippen LogP contribution in [0.3, 0.4) is 0 Å². The molecule has 5 nitrogen and oxygen atoms in total. The van der Waals surface area contributed by atoms with Crippen LogP contribution in [0.25, 0.3) is 0 Å². The predicted molar refractivity (Wildman–Crippen MR) is 83.4 cm³/mol. The summed E-state index contributed by atoms with van der Waals surface area (Å²) in [6.07, 6.45) is 1.17. The lowest BCUT2D eigenvalue weighted by Gasteiger charge is -2.13. The zero-order valence-electron chi connectivity index (χ0n) is 11.4. The molecule has 1 N–H and O–H groups in total. The lowest BCUT2D eigenvalue weighted by atomic mass is 10.1. The van der Waals surface area contributed by atoms with Crippen molar-refractivity contribution in [1.29, 1.82) is 5.26 Å². The van der Waals surface area contributed by atoms with Crippen LogP contribution < -0.4 is 4.72 Å². The first-order valence-corrected chi connectivity index (χ1v) is 8.27. The van der Waals surface area contributed by atoms with E-state index in [1.165, 1.54) is 18.3 Å². The Balaban J connectivity index is 2.40. The molecule has 0 amide bonds. The second-order valence-electron chi connectivity index (χ2n) is 4.51. The highest BCUT2D eigenvalue weighted by atomic mass is 79.9. The zero-order valence-corrected chi connectivity index (χ0v) is 13.8. The SMILES string of the molecule is Cc1cc(Br)cc(C)c1NS(=O)(=O)c1ccc(C#N)nc1. The van der Waals surface area contributed by atoms with Crippen molar-refractivity contribution in [1.82, 2.24) is 4.98 Å². The van der Waals surface area contributed by atoms with Crippen LogP contribution >= 0.6 is 15.9 Å². The maximum atomic E-state index is 12.3. The van der Waals surface area contributed by atoms with E-state index in [0.717, 1.165) is 15.6 Å².